The van der Waals surface area contributed by atoms with E-state index >= 15 is 0 Å². The molecule has 2 unspecified atom stereocenters. The van der Waals surface area contributed by atoms with Crippen LogP contribution >= 0.6 is 23.4 Å². The minimum absolute atomic E-state index is 0.115. The molecule has 21 heavy (non-hydrogen) atoms. The van der Waals surface area contributed by atoms with E-state index < -0.39 is 12.0 Å². The lowest BCUT2D eigenvalue weighted by Gasteiger charge is -2.26. The van der Waals surface area contributed by atoms with Crippen LogP contribution in [-0.4, -0.2) is 44.0 Å². The van der Waals surface area contributed by atoms with Gasteiger partial charge in [-0.1, -0.05) is 25.4 Å². The van der Waals surface area contributed by atoms with Gasteiger partial charge in [0.25, 0.3) is 5.91 Å². The van der Waals surface area contributed by atoms with Gasteiger partial charge >= 0.3 is 5.97 Å². The first kappa shape index (κ1) is 16.1. The summed E-state index contributed by atoms with van der Waals surface area (Å²) in [4.78, 5) is 29.7. The van der Waals surface area contributed by atoms with Gasteiger partial charge in [0.2, 0.25) is 0 Å². The highest BCUT2D eigenvalue weighted by Crippen LogP contribution is 2.33. The maximum atomic E-state index is 12.7. The Balaban J connectivity index is 2.36. The highest BCUT2D eigenvalue weighted by molar-refractivity contribution is 8.00. The number of carbonyl (C=O) groups is 2. The molecule has 1 amide bonds. The summed E-state index contributed by atoms with van der Waals surface area (Å²) < 4.78 is 0. The van der Waals surface area contributed by atoms with Crippen molar-refractivity contribution in [2.45, 2.75) is 38.1 Å². The van der Waals surface area contributed by atoms with E-state index in [1.807, 2.05) is 13.8 Å². The van der Waals surface area contributed by atoms with Crippen molar-refractivity contribution in [3.63, 3.8) is 0 Å². The molecular formula is C14H17ClN2O3S. The highest BCUT2D eigenvalue weighted by Gasteiger charge is 2.41. The molecule has 0 radical (unpaired) electrons. The summed E-state index contributed by atoms with van der Waals surface area (Å²) in [5.74, 6) is -0.847. The van der Waals surface area contributed by atoms with E-state index in [1.54, 1.807) is 6.07 Å². The number of halogens is 1. The van der Waals surface area contributed by atoms with Gasteiger partial charge in [-0.2, -0.15) is 0 Å². The Morgan fingerprint density at radius 2 is 2.19 bits per heavy atom. The van der Waals surface area contributed by atoms with Crippen LogP contribution in [0.2, 0.25) is 5.15 Å². The molecule has 1 aromatic rings. The van der Waals surface area contributed by atoms with Gasteiger partial charge in [0, 0.05) is 17.0 Å². The zero-order valence-electron chi connectivity index (χ0n) is 11.9. The molecule has 0 saturated carbocycles. The Morgan fingerprint density at radius 3 is 2.76 bits per heavy atom. The van der Waals surface area contributed by atoms with E-state index in [0.717, 1.165) is 5.69 Å². The number of hydrogen-bond donors (Lipinski definition) is 1. The summed E-state index contributed by atoms with van der Waals surface area (Å²) in [6, 6.07) is 2.39. The molecule has 0 spiro atoms. The summed E-state index contributed by atoms with van der Waals surface area (Å²) >= 11 is 7.45. The SMILES string of the molecule is CCc1cc(C(=O)N2C(CC)SCC2C(=O)O)cc(Cl)n1. The molecule has 0 aliphatic carbocycles. The van der Waals surface area contributed by atoms with E-state index in [4.69, 9.17) is 11.6 Å². The van der Waals surface area contributed by atoms with Gasteiger partial charge in [-0.3, -0.25) is 4.79 Å². The van der Waals surface area contributed by atoms with Crippen LogP contribution in [0.15, 0.2) is 12.1 Å². The van der Waals surface area contributed by atoms with Crippen LogP contribution in [0.1, 0.15) is 36.3 Å². The van der Waals surface area contributed by atoms with E-state index in [9.17, 15) is 14.7 Å². The third-order valence-electron chi connectivity index (χ3n) is 3.42. The van der Waals surface area contributed by atoms with Crippen LogP contribution in [0.25, 0.3) is 0 Å². The van der Waals surface area contributed by atoms with E-state index in [1.165, 1.54) is 22.7 Å². The summed E-state index contributed by atoms with van der Waals surface area (Å²) in [7, 11) is 0. The summed E-state index contributed by atoms with van der Waals surface area (Å²) in [5.41, 5.74) is 1.12. The predicted octanol–water partition coefficient (Wildman–Crippen LogP) is 2.68. The molecule has 1 aliphatic heterocycles. The lowest BCUT2D eigenvalue weighted by atomic mass is 10.1. The molecule has 2 heterocycles. The number of carboxylic acid groups (broad SMARTS) is 1. The van der Waals surface area contributed by atoms with E-state index in [-0.39, 0.29) is 16.4 Å². The Morgan fingerprint density at radius 1 is 1.48 bits per heavy atom. The number of carbonyl (C=O) groups excluding carboxylic acids is 1. The number of thioether (sulfide) groups is 1. The van der Waals surface area contributed by atoms with Crippen molar-refractivity contribution in [2.75, 3.05) is 5.75 Å². The zero-order chi connectivity index (χ0) is 15.6. The minimum atomic E-state index is -0.970. The molecule has 7 heteroatoms. The summed E-state index contributed by atoms with van der Waals surface area (Å²) in [6.07, 6.45) is 1.37. The average Bonchev–Trinajstić information content (AvgIpc) is 2.89. The maximum absolute atomic E-state index is 12.7. The Kier molecular flexibility index (Phi) is 5.11. The molecule has 1 N–H and O–H groups in total. The first-order valence-electron chi connectivity index (χ1n) is 6.81. The molecule has 2 atom stereocenters. The minimum Gasteiger partial charge on any atom is -0.480 e. The first-order valence-corrected chi connectivity index (χ1v) is 8.24. The zero-order valence-corrected chi connectivity index (χ0v) is 13.4. The number of aryl methyl sites for hydroxylation is 1. The second kappa shape index (κ2) is 6.66. The smallest absolute Gasteiger partial charge is 0.327 e. The van der Waals surface area contributed by atoms with Gasteiger partial charge in [0.05, 0.1) is 5.37 Å². The van der Waals surface area contributed by atoms with Gasteiger partial charge in [-0.05, 0) is 25.0 Å². The predicted molar refractivity (Wildman–Crippen MR) is 82.8 cm³/mol. The molecule has 1 aliphatic rings. The number of aromatic nitrogens is 1. The first-order chi connectivity index (χ1) is 9.97. The Bertz CT molecular complexity index is 567. The molecular weight excluding hydrogens is 312 g/mol. The Labute approximate surface area is 132 Å². The lowest BCUT2D eigenvalue weighted by molar-refractivity contribution is -0.141. The van der Waals surface area contributed by atoms with Gasteiger partial charge < -0.3 is 10.0 Å². The monoisotopic (exact) mass is 328 g/mol. The number of pyridine rings is 1. The van der Waals surface area contributed by atoms with Gasteiger partial charge in [0.1, 0.15) is 11.2 Å². The quantitative estimate of drug-likeness (QED) is 0.860. The van der Waals surface area contributed by atoms with Crippen LogP contribution in [0.5, 0.6) is 0 Å². The van der Waals surface area contributed by atoms with Crippen molar-refractivity contribution in [1.29, 1.82) is 0 Å². The van der Waals surface area contributed by atoms with E-state index in [2.05, 4.69) is 4.98 Å². The fourth-order valence-corrected chi connectivity index (χ4v) is 3.92. The van der Waals surface area contributed by atoms with Crippen LogP contribution in [0, 0.1) is 0 Å². The maximum Gasteiger partial charge on any atom is 0.327 e. The molecule has 0 aromatic carbocycles. The third kappa shape index (κ3) is 3.32. The fraction of sp³-hybridized carbons (Fsp3) is 0.500. The number of hydrogen-bond acceptors (Lipinski definition) is 4. The van der Waals surface area contributed by atoms with Crippen LogP contribution < -0.4 is 0 Å². The standard InChI is InChI=1S/C14H17ClN2O3S/c1-3-9-5-8(6-11(15)16-9)13(18)17-10(14(19)20)7-21-12(17)4-2/h5-6,10,12H,3-4,7H2,1-2H3,(H,19,20). The molecule has 1 fully saturated rings. The number of aliphatic carboxylic acids is 1. The van der Waals surface area contributed by atoms with Crippen molar-refractivity contribution in [3.8, 4) is 0 Å². The third-order valence-corrected chi connectivity index (χ3v) is 5.06. The largest absolute Gasteiger partial charge is 0.480 e. The molecule has 114 valence electrons. The number of carboxylic acids is 1. The highest BCUT2D eigenvalue weighted by atomic mass is 35.5. The van der Waals surface area contributed by atoms with Gasteiger partial charge in [0.15, 0.2) is 0 Å². The van der Waals surface area contributed by atoms with Gasteiger partial charge in [-0.25, -0.2) is 9.78 Å². The molecule has 1 saturated heterocycles. The normalized spacial score (nSPS) is 21.6. The van der Waals surface area contributed by atoms with Crippen LogP contribution in [0.3, 0.4) is 0 Å². The van der Waals surface area contributed by atoms with E-state index in [0.29, 0.717) is 24.2 Å². The van der Waals surface area contributed by atoms with Crippen molar-refractivity contribution in [2.24, 2.45) is 0 Å². The second-order valence-electron chi connectivity index (χ2n) is 4.79. The van der Waals surface area contributed by atoms with Crippen molar-refractivity contribution >= 4 is 35.2 Å². The van der Waals surface area contributed by atoms with Crippen molar-refractivity contribution in [3.05, 3.63) is 28.5 Å². The fourth-order valence-electron chi connectivity index (χ4n) is 2.35. The van der Waals surface area contributed by atoms with Crippen molar-refractivity contribution in [1.82, 2.24) is 9.88 Å². The molecule has 1 aromatic heterocycles. The topological polar surface area (TPSA) is 70.5 Å². The average molecular weight is 329 g/mol. The molecule has 0 bridgehead atoms. The second-order valence-corrected chi connectivity index (χ2v) is 6.38. The van der Waals surface area contributed by atoms with Gasteiger partial charge in [-0.15, -0.1) is 11.8 Å². The number of rotatable bonds is 4. The Hall–Kier alpha value is -1.27. The summed E-state index contributed by atoms with van der Waals surface area (Å²) in [6.45, 7) is 3.87. The van der Waals surface area contributed by atoms with Crippen LogP contribution in [0.4, 0.5) is 0 Å². The molecule has 5 nitrogen and oxygen atoms in total. The number of nitrogens with zero attached hydrogens (tertiary/aromatic N) is 2. The number of amides is 1. The van der Waals surface area contributed by atoms with Crippen molar-refractivity contribution < 1.29 is 14.7 Å². The molecule has 2 rings (SSSR count). The lowest BCUT2D eigenvalue weighted by Crippen LogP contribution is -2.45. The van der Waals surface area contributed by atoms with Crippen LogP contribution in [-0.2, 0) is 11.2 Å². The summed E-state index contributed by atoms with van der Waals surface area (Å²) in [5, 5.41) is 9.44.